The van der Waals surface area contributed by atoms with Gasteiger partial charge in [-0.05, 0) is 32.3 Å². The molecule has 1 aliphatic rings. The van der Waals surface area contributed by atoms with E-state index in [1.807, 2.05) is 13.0 Å². The van der Waals surface area contributed by atoms with E-state index in [0.29, 0.717) is 0 Å². The van der Waals surface area contributed by atoms with Crippen LogP contribution in [0, 0.1) is 12.7 Å². The van der Waals surface area contributed by atoms with Crippen LogP contribution in [0.3, 0.4) is 0 Å². The molecular formula is C12H15FO. The molecule has 1 atom stereocenters. The zero-order valence-electron chi connectivity index (χ0n) is 8.42. The molecule has 0 radical (unpaired) electrons. The molecule has 1 fully saturated rings. The van der Waals surface area contributed by atoms with Gasteiger partial charge in [-0.1, -0.05) is 17.7 Å². The second kappa shape index (κ2) is 4.09. The van der Waals surface area contributed by atoms with Gasteiger partial charge in [0.1, 0.15) is 5.82 Å². The molecule has 0 aliphatic carbocycles. The van der Waals surface area contributed by atoms with Crippen LogP contribution in [0.4, 0.5) is 4.39 Å². The third-order valence-corrected chi connectivity index (χ3v) is 2.68. The predicted octanol–water partition coefficient (Wildman–Crippen LogP) is 3.38. The van der Waals surface area contributed by atoms with Crippen molar-refractivity contribution < 1.29 is 9.13 Å². The molecule has 1 aromatic carbocycles. The highest BCUT2D eigenvalue weighted by Gasteiger charge is 2.19. The standard InChI is InChI=1S/C12H15FO/c1-9-5-6-11(13)10(8-9)12-4-2-3-7-14-12/h5-6,8,12H,2-4,7H2,1H3. The van der Waals surface area contributed by atoms with Gasteiger partial charge in [0, 0.05) is 12.2 Å². The lowest BCUT2D eigenvalue weighted by Crippen LogP contribution is -2.13. The molecule has 0 amide bonds. The SMILES string of the molecule is Cc1ccc(F)c(C2CCCCO2)c1. The van der Waals surface area contributed by atoms with Crippen LogP contribution in [0.15, 0.2) is 18.2 Å². The lowest BCUT2D eigenvalue weighted by Gasteiger charge is -2.23. The normalized spacial score (nSPS) is 22.3. The summed E-state index contributed by atoms with van der Waals surface area (Å²) in [5.41, 5.74) is 1.82. The summed E-state index contributed by atoms with van der Waals surface area (Å²) >= 11 is 0. The Morgan fingerprint density at radius 3 is 2.93 bits per heavy atom. The zero-order chi connectivity index (χ0) is 9.97. The van der Waals surface area contributed by atoms with E-state index in [0.717, 1.165) is 37.0 Å². The Bertz CT molecular complexity index is 316. The molecule has 0 N–H and O–H groups in total. The summed E-state index contributed by atoms with van der Waals surface area (Å²) in [6, 6.07) is 5.22. The first-order valence-corrected chi connectivity index (χ1v) is 5.15. The van der Waals surface area contributed by atoms with Gasteiger partial charge in [0.15, 0.2) is 0 Å². The van der Waals surface area contributed by atoms with E-state index in [1.165, 1.54) is 6.07 Å². The molecule has 1 heterocycles. The predicted molar refractivity (Wildman–Crippen MR) is 53.7 cm³/mol. The minimum Gasteiger partial charge on any atom is -0.373 e. The molecule has 14 heavy (non-hydrogen) atoms. The molecule has 1 saturated heterocycles. The van der Waals surface area contributed by atoms with Crippen molar-refractivity contribution in [3.05, 3.63) is 35.1 Å². The number of benzene rings is 1. The van der Waals surface area contributed by atoms with Crippen LogP contribution in [-0.2, 0) is 4.74 Å². The molecule has 0 saturated carbocycles. The summed E-state index contributed by atoms with van der Waals surface area (Å²) in [7, 11) is 0. The van der Waals surface area contributed by atoms with E-state index in [4.69, 9.17) is 4.74 Å². The number of halogens is 1. The van der Waals surface area contributed by atoms with Gasteiger partial charge < -0.3 is 4.74 Å². The van der Waals surface area contributed by atoms with Gasteiger partial charge in [-0.2, -0.15) is 0 Å². The van der Waals surface area contributed by atoms with Crippen molar-refractivity contribution in [2.24, 2.45) is 0 Å². The van der Waals surface area contributed by atoms with E-state index in [1.54, 1.807) is 6.07 Å². The zero-order valence-corrected chi connectivity index (χ0v) is 8.42. The fourth-order valence-corrected chi connectivity index (χ4v) is 1.90. The molecule has 2 heteroatoms. The third kappa shape index (κ3) is 1.95. The Hall–Kier alpha value is -0.890. The summed E-state index contributed by atoms with van der Waals surface area (Å²) in [5.74, 6) is -0.137. The fourth-order valence-electron chi connectivity index (χ4n) is 1.90. The fraction of sp³-hybridized carbons (Fsp3) is 0.500. The minimum atomic E-state index is -0.137. The highest BCUT2D eigenvalue weighted by molar-refractivity contribution is 5.26. The van der Waals surface area contributed by atoms with Crippen LogP contribution in [0.2, 0.25) is 0 Å². The molecule has 2 rings (SSSR count). The van der Waals surface area contributed by atoms with Gasteiger partial charge in [0.25, 0.3) is 0 Å². The highest BCUT2D eigenvalue weighted by atomic mass is 19.1. The van der Waals surface area contributed by atoms with Gasteiger partial charge in [-0.25, -0.2) is 4.39 Å². The summed E-state index contributed by atoms with van der Waals surface area (Å²) in [5, 5.41) is 0. The van der Waals surface area contributed by atoms with Gasteiger partial charge in [0.05, 0.1) is 6.10 Å². The smallest absolute Gasteiger partial charge is 0.129 e. The quantitative estimate of drug-likeness (QED) is 0.666. The molecule has 0 bridgehead atoms. The second-order valence-electron chi connectivity index (χ2n) is 3.88. The Morgan fingerprint density at radius 2 is 2.21 bits per heavy atom. The molecule has 76 valence electrons. The lowest BCUT2D eigenvalue weighted by molar-refractivity contribution is 0.0128. The first-order valence-electron chi connectivity index (χ1n) is 5.15. The largest absolute Gasteiger partial charge is 0.373 e. The average Bonchev–Trinajstić information content (AvgIpc) is 2.23. The maximum atomic E-state index is 13.5. The molecule has 0 spiro atoms. The summed E-state index contributed by atoms with van der Waals surface area (Å²) in [6.45, 7) is 2.74. The van der Waals surface area contributed by atoms with E-state index in [2.05, 4.69) is 0 Å². The average molecular weight is 194 g/mol. The van der Waals surface area contributed by atoms with Gasteiger partial charge >= 0.3 is 0 Å². The maximum Gasteiger partial charge on any atom is 0.129 e. The number of hydrogen-bond acceptors (Lipinski definition) is 1. The third-order valence-electron chi connectivity index (χ3n) is 2.68. The van der Waals surface area contributed by atoms with Crippen molar-refractivity contribution in [3.63, 3.8) is 0 Å². The molecular weight excluding hydrogens is 179 g/mol. The molecule has 0 aromatic heterocycles. The van der Waals surface area contributed by atoms with Crippen LogP contribution >= 0.6 is 0 Å². The van der Waals surface area contributed by atoms with Crippen LogP contribution in [0.5, 0.6) is 0 Å². The van der Waals surface area contributed by atoms with E-state index >= 15 is 0 Å². The van der Waals surface area contributed by atoms with Crippen molar-refractivity contribution in [2.45, 2.75) is 32.3 Å². The van der Waals surface area contributed by atoms with Gasteiger partial charge in [-0.15, -0.1) is 0 Å². The topological polar surface area (TPSA) is 9.23 Å². The Morgan fingerprint density at radius 1 is 1.36 bits per heavy atom. The van der Waals surface area contributed by atoms with E-state index in [-0.39, 0.29) is 11.9 Å². The van der Waals surface area contributed by atoms with Crippen molar-refractivity contribution in [1.82, 2.24) is 0 Å². The van der Waals surface area contributed by atoms with E-state index < -0.39 is 0 Å². The summed E-state index contributed by atoms with van der Waals surface area (Å²) in [4.78, 5) is 0. The monoisotopic (exact) mass is 194 g/mol. The second-order valence-corrected chi connectivity index (χ2v) is 3.88. The van der Waals surface area contributed by atoms with Crippen LogP contribution < -0.4 is 0 Å². The number of rotatable bonds is 1. The van der Waals surface area contributed by atoms with E-state index in [9.17, 15) is 4.39 Å². The molecule has 1 nitrogen and oxygen atoms in total. The molecule has 1 unspecified atom stereocenters. The van der Waals surface area contributed by atoms with Gasteiger partial charge in [-0.3, -0.25) is 0 Å². The van der Waals surface area contributed by atoms with Crippen molar-refractivity contribution >= 4 is 0 Å². The highest BCUT2D eigenvalue weighted by Crippen LogP contribution is 2.29. The van der Waals surface area contributed by atoms with Crippen LogP contribution in [0.1, 0.15) is 36.5 Å². The number of ether oxygens (including phenoxy) is 1. The first kappa shape index (κ1) is 9.66. The Kier molecular flexibility index (Phi) is 2.82. The van der Waals surface area contributed by atoms with Crippen LogP contribution in [-0.4, -0.2) is 6.61 Å². The maximum absolute atomic E-state index is 13.5. The number of aryl methyl sites for hydroxylation is 1. The van der Waals surface area contributed by atoms with Crippen LogP contribution in [0.25, 0.3) is 0 Å². The molecule has 1 aliphatic heterocycles. The Balaban J connectivity index is 2.24. The minimum absolute atomic E-state index is 0.0244. The summed E-state index contributed by atoms with van der Waals surface area (Å²) < 4.78 is 19.0. The summed E-state index contributed by atoms with van der Waals surface area (Å²) in [6.07, 6.45) is 3.16. The lowest BCUT2D eigenvalue weighted by atomic mass is 9.99. The molecule has 1 aromatic rings. The van der Waals surface area contributed by atoms with Crippen molar-refractivity contribution in [3.8, 4) is 0 Å². The van der Waals surface area contributed by atoms with Crippen molar-refractivity contribution in [1.29, 1.82) is 0 Å². The van der Waals surface area contributed by atoms with Crippen molar-refractivity contribution in [2.75, 3.05) is 6.61 Å². The Labute approximate surface area is 83.9 Å². The van der Waals surface area contributed by atoms with Gasteiger partial charge in [0.2, 0.25) is 0 Å². The number of hydrogen-bond donors (Lipinski definition) is 0. The first-order chi connectivity index (χ1) is 6.77.